The number of benzene rings is 1. The molecule has 0 radical (unpaired) electrons. The molecule has 0 atom stereocenters. The second kappa shape index (κ2) is 12.4. The van der Waals surface area contributed by atoms with Crippen molar-refractivity contribution in [3.63, 3.8) is 0 Å². The van der Waals surface area contributed by atoms with Gasteiger partial charge in [0.2, 0.25) is 6.41 Å². The van der Waals surface area contributed by atoms with Crippen LogP contribution in [-0.4, -0.2) is 34.8 Å². The van der Waals surface area contributed by atoms with Gasteiger partial charge in [0.15, 0.2) is 0 Å². The molecule has 5 nitrogen and oxygen atoms in total. The van der Waals surface area contributed by atoms with Crippen LogP contribution in [0.2, 0.25) is 0 Å². The number of pyridine rings is 1. The molecule has 2 saturated carbocycles. The number of aliphatic hydroxyl groups excluding tert-OH is 1. The first-order chi connectivity index (χ1) is 14.0. The van der Waals surface area contributed by atoms with Crippen molar-refractivity contribution < 1.29 is 19.0 Å². The van der Waals surface area contributed by atoms with Gasteiger partial charge in [0.25, 0.3) is 0 Å². The SMILES string of the molecule is CC(C)O.Fc1ccc(OC2CCC2)c2ncccc12.O=CNC1CCCCC1. The maximum absolute atomic E-state index is 13.5. The van der Waals surface area contributed by atoms with Crippen LogP contribution in [-0.2, 0) is 4.79 Å². The van der Waals surface area contributed by atoms with E-state index >= 15 is 0 Å². The third-order valence-electron chi connectivity index (χ3n) is 4.93. The number of fused-ring (bicyclic) bond motifs is 1. The van der Waals surface area contributed by atoms with Gasteiger partial charge in [-0.3, -0.25) is 9.78 Å². The van der Waals surface area contributed by atoms with E-state index in [9.17, 15) is 9.18 Å². The molecular weight excluding hydrogens is 371 g/mol. The number of hydrogen-bond donors (Lipinski definition) is 2. The summed E-state index contributed by atoms with van der Waals surface area (Å²) in [5, 5.41) is 11.4. The zero-order chi connectivity index (χ0) is 21.1. The lowest BCUT2D eigenvalue weighted by Gasteiger charge is -2.26. The van der Waals surface area contributed by atoms with Crippen molar-refractivity contribution in [1.29, 1.82) is 0 Å². The molecule has 1 aromatic carbocycles. The standard InChI is InChI=1S/C13H12FNO.C7H13NO.C3H8O/c14-11-6-7-12(16-9-3-1-4-9)13-10(11)5-2-8-15-13;9-6-8-7-4-2-1-3-5-7;1-3(2)4/h2,5-9H,1,3-4H2;6-7H,1-5H2,(H,8,9);3-4H,1-2H3. The summed E-state index contributed by atoms with van der Waals surface area (Å²) in [5.41, 5.74) is 0.620. The average Bonchev–Trinajstić information content (AvgIpc) is 2.68. The summed E-state index contributed by atoms with van der Waals surface area (Å²) in [6.07, 6.45) is 12.3. The average molecular weight is 405 g/mol. The fraction of sp³-hybridized carbons (Fsp3) is 0.565. The van der Waals surface area contributed by atoms with Crippen LogP contribution in [0.1, 0.15) is 65.2 Å². The summed E-state index contributed by atoms with van der Waals surface area (Å²) in [4.78, 5) is 14.2. The molecule has 2 aromatic rings. The molecule has 2 aliphatic carbocycles. The molecule has 0 bridgehead atoms. The van der Waals surface area contributed by atoms with E-state index in [2.05, 4.69) is 10.3 Å². The molecule has 2 N–H and O–H groups in total. The maximum Gasteiger partial charge on any atom is 0.207 e. The van der Waals surface area contributed by atoms with Crippen LogP contribution in [0.25, 0.3) is 10.9 Å². The molecule has 0 aliphatic heterocycles. The lowest BCUT2D eigenvalue weighted by atomic mass is 9.96. The lowest BCUT2D eigenvalue weighted by molar-refractivity contribution is -0.110. The molecular formula is C23H33FN2O3. The predicted molar refractivity (Wildman–Crippen MR) is 113 cm³/mol. The number of nitrogens with zero attached hydrogens (tertiary/aromatic N) is 1. The van der Waals surface area contributed by atoms with Gasteiger partial charge >= 0.3 is 0 Å². The van der Waals surface area contributed by atoms with Crippen LogP contribution in [0.15, 0.2) is 30.5 Å². The number of amides is 1. The van der Waals surface area contributed by atoms with E-state index in [1.807, 2.05) is 0 Å². The number of hydrogen-bond acceptors (Lipinski definition) is 4. The van der Waals surface area contributed by atoms with Gasteiger partial charge in [0, 0.05) is 23.7 Å². The quantitative estimate of drug-likeness (QED) is 0.721. The van der Waals surface area contributed by atoms with Gasteiger partial charge in [-0.1, -0.05) is 19.3 Å². The minimum Gasteiger partial charge on any atom is -0.488 e. The Bertz CT molecular complexity index is 741. The number of carbonyl (C=O) groups excluding carboxylic acids is 1. The molecule has 1 amide bonds. The second-order valence-corrected chi connectivity index (χ2v) is 7.83. The summed E-state index contributed by atoms with van der Waals surface area (Å²) >= 11 is 0. The molecule has 0 saturated heterocycles. The molecule has 4 rings (SSSR count). The van der Waals surface area contributed by atoms with Crippen molar-refractivity contribution in [2.45, 2.75) is 83.5 Å². The van der Waals surface area contributed by atoms with Crippen LogP contribution in [0.5, 0.6) is 5.75 Å². The number of aliphatic hydroxyl groups is 1. The van der Waals surface area contributed by atoms with Gasteiger partial charge in [0.05, 0.1) is 6.10 Å². The molecule has 2 fully saturated rings. The Morgan fingerprint density at radius 3 is 2.41 bits per heavy atom. The molecule has 0 unspecified atom stereocenters. The topological polar surface area (TPSA) is 71.5 Å². The van der Waals surface area contributed by atoms with Gasteiger partial charge in [-0.15, -0.1) is 0 Å². The van der Waals surface area contributed by atoms with Crippen LogP contribution in [0, 0.1) is 5.82 Å². The first kappa shape index (κ1) is 23.1. The Labute approximate surface area is 172 Å². The molecule has 6 heteroatoms. The minimum atomic E-state index is -0.246. The largest absolute Gasteiger partial charge is 0.488 e. The summed E-state index contributed by atoms with van der Waals surface area (Å²) in [6.45, 7) is 3.44. The smallest absolute Gasteiger partial charge is 0.207 e. The Morgan fingerprint density at radius 2 is 1.83 bits per heavy atom. The number of carbonyl (C=O) groups is 1. The highest BCUT2D eigenvalue weighted by atomic mass is 19.1. The third kappa shape index (κ3) is 7.97. The highest BCUT2D eigenvalue weighted by molar-refractivity contribution is 5.84. The normalized spacial score (nSPS) is 16.7. The van der Waals surface area contributed by atoms with E-state index < -0.39 is 0 Å². The van der Waals surface area contributed by atoms with Crippen LogP contribution in [0.3, 0.4) is 0 Å². The monoisotopic (exact) mass is 404 g/mol. The van der Waals surface area contributed by atoms with Gasteiger partial charge in [-0.2, -0.15) is 0 Å². The van der Waals surface area contributed by atoms with Crippen molar-refractivity contribution in [1.82, 2.24) is 10.3 Å². The number of halogens is 1. The number of aromatic nitrogens is 1. The van der Waals surface area contributed by atoms with Crippen molar-refractivity contribution in [3.05, 3.63) is 36.3 Å². The number of nitrogens with one attached hydrogen (secondary N) is 1. The predicted octanol–water partition coefficient (Wildman–Crippen LogP) is 4.76. The van der Waals surface area contributed by atoms with Crippen molar-refractivity contribution in [2.75, 3.05) is 0 Å². The van der Waals surface area contributed by atoms with Crippen LogP contribution < -0.4 is 10.1 Å². The summed E-state index contributed by atoms with van der Waals surface area (Å²) in [5.74, 6) is 0.450. The second-order valence-electron chi connectivity index (χ2n) is 7.83. The highest BCUT2D eigenvalue weighted by Gasteiger charge is 2.20. The van der Waals surface area contributed by atoms with Gasteiger partial charge in [-0.05, 0) is 70.2 Å². The zero-order valence-corrected chi connectivity index (χ0v) is 17.4. The van der Waals surface area contributed by atoms with Gasteiger partial charge in [0.1, 0.15) is 17.1 Å². The van der Waals surface area contributed by atoms with Gasteiger partial charge < -0.3 is 15.2 Å². The van der Waals surface area contributed by atoms with Gasteiger partial charge in [-0.25, -0.2) is 4.39 Å². The Kier molecular flexibility index (Phi) is 9.84. The molecule has 29 heavy (non-hydrogen) atoms. The summed E-state index contributed by atoms with van der Waals surface area (Å²) < 4.78 is 19.3. The summed E-state index contributed by atoms with van der Waals surface area (Å²) in [7, 11) is 0. The van der Waals surface area contributed by atoms with E-state index in [-0.39, 0.29) is 18.0 Å². The first-order valence-electron chi connectivity index (χ1n) is 10.6. The van der Waals surface area contributed by atoms with E-state index in [0.29, 0.717) is 22.7 Å². The first-order valence-corrected chi connectivity index (χ1v) is 10.6. The number of rotatable bonds is 4. The fourth-order valence-electron chi connectivity index (χ4n) is 3.24. The zero-order valence-electron chi connectivity index (χ0n) is 17.4. The van der Waals surface area contributed by atoms with E-state index in [0.717, 1.165) is 19.3 Å². The minimum absolute atomic E-state index is 0.167. The Balaban J connectivity index is 0.000000195. The number of ether oxygens (including phenoxy) is 1. The molecule has 160 valence electrons. The molecule has 0 spiro atoms. The van der Waals surface area contributed by atoms with E-state index in [1.165, 1.54) is 44.6 Å². The third-order valence-corrected chi connectivity index (χ3v) is 4.93. The Morgan fingerprint density at radius 1 is 1.14 bits per heavy atom. The molecule has 1 heterocycles. The van der Waals surface area contributed by atoms with Crippen molar-refractivity contribution in [3.8, 4) is 5.75 Å². The van der Waals surface area contributed by atoms with Crippen LogP contribution in [0.4, 0.5) is 4.39 Å². The van der Waals surface area contributed by atoms with Crippen molar-refractivity contribution >= 4 is 17.3 Å². The highest BCUT2D eigenvalue weighted by Crippen LogP contribution is 2.30. The fourth-order valence-corrected chi connectivity index (χ4v) is 3.24. The Hall–Kier alpha value is -2.21. The summed E-state index contributed by atoms with van der Waals surface area (Å²) in [6, 6.07) is 7.06. The van der Waals surface area contributed by atoms with Crippen molar-refractivity contribution in [2.24, 2.45) is 0 Å². The lowest BCUT2D eigenvalue weighted by Crippen LogP contribution is -2.29. The van der Waals surface area contributed by atoms with E-state index in [4.69, 9.17) is 9.84 Å². The van der Waals surface area contributed by atoms with Crippen LogP contribution >= 0.6 is 0 Å². The van der Waals surface area contributed by atoms with E-state index in [1.54, 1.807) is 38.2 Å². The molecule has 1 aromatic heterocycles. The maximum atomic E-state index is 13.5. The molecule has 2 aliphatic rings.